The lowest BCUT2D eigenvalue weighted by Gasteiger charge is -2.06. The van der Waals surface area contributed by atoms with Gasteiger partial charge in [0.25, 0.3) is 0 Å². The maximum atomic E-state index is 10.5. The maximum absolute atomic E-state index is 10.5. The largest absolute Gasteiger partial charge is 0.480 e. The number of nitrogens with two attached hydrogens (primary N) is 1. The van der Waals surface area contributed by atoms with Gasteiger partial charge in [-0.2, -0.15) is 0 Å². The summed E-state index contributed by atoms with van der Waals surface area (Å²) in [5.74, 6) is -1.00. The van der Waals surface area contributed by atoms with E-state index < -0.39 is 12.0 Å². The Morgan fingerprint density at radius 1 is 1.77 bits per heavy atom. The number of carboxylic acids is 1. The number of rotatable bonds is 3. The number of pyridine rings is 1. The molecule has 1 atom stereocenters. The summed E-state index contributed by atoms with van der Waals surface area (Å²) in [6.07, 6.45) is 1.91. The van der Waals surface area contributed by atoms with Gasteiger partial charge >= 0.3 is 5.97 Å². The van der Waals surface area contributed by atoms with Crippen LogP contribution >= 0.6 is 15.9 Å². The molecular formula is C8H9BrN2O2. The van der Waals surface area contributed by atoms with Gasteiger partial charge in [0.2, 0.25) is 0 Å². The average Bonchev–Trinajstić information content (AvgIpc) is 2.08. The van der Waals surface area contributed by atoms with Crippen LogP contribution in [0.25, 0.3) is 0 Å². The van der Waals surface area contributed by atoms with Crippen molar-refractivity contribution in [3.63, 3.8) is 0 Å². The minimum atomic E-state index is -1.00. The molecule has 0 saturated heterocycles. The van der Waals surface area contributed by atoms with Gasteiger partial charge in [0, 0.05) is 12.6 Å². The smallest absolute Gasteiger partial charge is 0.320 e. The molecule has 3 N–H and O–H groups in total. The van der Waals surface area contributed by atoms with E-state index in [-0.39, 0.29) is 6.42 Å². The summed E-state index contributed by atoms with van der Waals surface area (Å²) >= 11 is 3.21. The Morgan fingerprint density at radius 3 is 3.00 bits per heavy atom. The zero-order valence-corrected chi connectivity index (χ0v) is 8.36. The first-order valence-electron chi connectivity index (χ1n) is 3.69. The van der Waals surface area contributed by atoms with E-state index in [0.29, 0.717) is 4.60 Å². The zero-order chi connectivity index (χ0) is 9.84. The van der Waals surface area contributed by atoms with Crippen LogP contribution in [0.4, 0.5) is 0 Å². The first kappa shape index (κ1) is 10.1. The molecule has 13 heavy (non-hydrogen) atoms. The Balaban J connectivity index is 2.74. The molecule has 0 amide bonds. The van der Waals surface area contributed by atoms with E-state index in [1.807, 2.05) is 0 Å². The molecule has 0 fully saturated rings. The zero-order valence-electron chi connectivity index (χ0n) is 6.77. The van der Waals surface area contributed by atoms with Crippen molar-refractivity contribution in [2.75, 3.05) is 0 Å². The maximum Gasteiger partial charge on any atom is 0.320 e. The highest BCUT2D eigenvalue weighted by Gasteiger charge is 2.13. The van der Waals surface area contributed by atoms with Gasteiger partial charge in [0.05, 0.1) is 0 Å². The highest BCUT2D eigenvalue weighted by Crippen LogP contribution is 2.13. The fraction of sp³-hybridized carbons (Fsp3) is 0.250. The number of nitrogens with zero attached hydrogens (tertiary/aromatic N) is 1. The molecule has 4 nitrogen and oxygen atoms in total. The number of carbonyl (C=O) groups is 1. The Labute approximate surface area is 83.9 Å². The molecule has 0 saturated carbocycles. The van der Waals surface area contributed by atoms with Crippen molar-refractivity contribution in [1.29, 1.82) is 0 Å². The van der Waals surface area contributed by atoms with Crippen molar-refractivity contribution in [1.82, 2.24) is 4.98 Å². The van der Waals surface area contributed by atoms with Gasteiger partial charge in [-0.15, -0.1) is 0 Å². The molecule has 1 aromatic rings. The molecule has 0 aliphatic heterocycles. The van der Waals surface area contributed by atoms with Crippen LogP contribution < -0.4 is 5.73 Å². The molecule has 5 heteroatoms. The van der Waals surface area contributed by atoms with Crippen LogP contribution in [0.5, 0.6) is 0 Å². The Morgan fingerprint density at radius 2 is 2.46 bits per heavy atom. The molecule has 0 spiro atoms. The predicted molar refractivity (Wildman–Crippen MR) is 51.3 cm³/mol. The lowest BCUT2D eigenvalue weighted by atomic mass is 10.1. The van der Waals surface area contributed by atoms with E-state index in [1.54, 1.807) is 18.3 Å². The number of aliphatic carboxylic acids is 1. The SMILES string of the molecule is N[C@H](Cc1cccnc1Br)C(=O)O. The van der Waals surface area contributed by atoms with Gasteiger partial charge < -0.3 is 10.8 Å². The second-order valence-corrected chi connectivity index (χ2v) is 3.35. The Kier molecular flexibility index (Phi) is 3.39. The van der Waals surface area contributed by atoms with Crippen LogP contribution in [0.2, 0.25) is 0 Å². The van der Waals surface area contributed by atoms with Crippen molar-refractivity contribution >= 4 is 21.9 Å². The summed E-state index contributed by atoms with van der Waals surface area (Å²) in [6.45, 7) is 0. The standard InChI is InChI=1S/C8H9BrN2O2/c9-7-5(2-1-3-11-7)4-6(10)8(12)13/h1-3,6H,4,10H2,(H,12,13)/t6-/m1/s1. The van der Waals surface area contributed by atoms with Crippen molar-refractivity contribution < 1.29 is 9.90 Å². The van der Waals surface area contributed by atoms with Crippen molar-refractivity contribution in [3.05, 3.63) is 28.5 Å². The van der Waals surface area contributed by atoms with Crippen molar-refractivity contribution in [2.45, 2.75) is 12.5 Å². The van der Waals surface area contributed by atoms with E-state index in [9.17, 15) is 4.79 Å². The number of hydrogen-bond donors (Lipinski definition) is 2. The van der Waals surface area contributed by atoms with Crippen LogP contribution in [0.15, 0.2) is 22.9 Å². The summed E-state index contributed by atoms with van der Waals surface area (Å²) in [7, 11) is 0. The van der Waals surface area contributed by atoms with E-state index in [1.165, 1.54) is 0 Å². The predicted octanol–water partition coefficient (Wildman–Crippen LogP) is 0.798. The lowest BCUT2D eigenvalue weighted by Crippen LogP contribution is -2.32. The average molecular weight is 245 g/mol. The molecule has 0 unspecified atom stereocenters. The summed E-state index contributed by atoms with van der Waals surface area (Å²) in [6, 6.07) is 2.66. The summed E-state index contributed by atoms with van der Waals surface area (Å²) in [5.41, 5.74) is 6.17. The highest BCUT2D eigenvalue weighted by atomic mass is 79.9. The van der Waals surface area contributed by atoms with Gasteiger partial charge in [-0.25, -0.2) is 4.98 Å². The summed E-state index contributed by atoms with van der Waals surface area (Å²) < 4.78 is 0.645. The van der Waals surface area contributed by atoms with Gasteiger partial charge in [0.1, 0.15) is 10.6 Å². The van der Waals surface area contributed by atoms with Crippen molar-refractivity contribution in [3.8, 4) is 0 Å². The molecule has 0 aromatic carbocycles. The Bertz CT molecular complexity index is 317. The van der Waals surface area contributed by atoms with Crippen LogP contribution in [0, 0.1) is 0 Å². The van der Waals surface area contributed by atoms with Gasteiger partial charge in [0.15, 0.2) is 0 Å². The van der Waals surface area contributed by atoms with Crippen LogP contribution in [-0.4, -0.2) is 22.1 Å². The number of halogens is 1. The topological polar surface area (TPSA) is 76.2 Å². The minimum absolute atomic E-state index is 0.282. The second kappa shape index (κ2) is 4.34. The van der Waals surface area contributed by atoms with E-state index in [4.69, 9.17) is 10.8 Å². The first-order chi connectivity index (χ1) is 6.11. The van der Waals surface area contributed by atoms with Crippen LogP contribution in [-0.2, 0) is 11.2 Å². The quantitative estimate of drug-likeness (QED) is 0.772. The third kappa shape index (κ3) is 2.78. The van der Waals surface area contributed by atoms with Gasteiger partial charge in [-0.05, 0) is 27.6 Å². The third-order valence-electron chi connectivity index (χ3n) is 1.59. The lowest BCUT2D eigenvalue weighted by molar-refractivity contribution is -0.138. The van der Waals surface area contributed by atoms with E-state index in [0.717, 1.165) is 5.56 Å². The number of aromatic nitrogens is 1. The molecule has 0 aliphatic rings. The summed E-state index contributed by atoms with van der Waals surface area (Å²) in [5, 5.41) is 8.57. The molecule has 70 valence electrons. The van der Waals surface area contributed by atoms with E-state index >= 15 is 0 Å². The second-order valence-electron chi connectivity index (χ2n) is 2.60. The molecule has 1 aromatic heterocycles. The highest BCUT2D eigenvalue weighted by molar-refractivity contribution is 9.10. The molecule has 1 rings (SSSR count). The molecular weight excluding hydrogens is 236 g/mol. The first-order valence-corrected chi connectivity index (χ1v) is 4.48. The monoisotopic (exact) mass is 244 g/mol. The fourth-order valence-corrected chi connectivity index (χ4v) is 1.31. The molecule has 0 bridgehead atoms. The van der Waals surface area contributed by atoms with Gasteiger partial charge in [-0.1, -0.05) is 6.07 Å². The molecule has 1 heterocycles. The minimum Gasteiger partial charge on any atom is -0.480 e. The Hall–Kier alpha value is -0.940. The molecule has 0 radical (unpaired) electrons. The number of carboxylic acid groups (broad SMARTS) is 1. The van der Waals surface area contributed by atoms with Gasteiger partial charge in [-0.3, -0.25) is 4.79 Å². The normalized spacial score (nSPS) is 12.5. The fourth-order valence-electron chi connectivity index (χ4n) is 0.896. The summed E-state index contributed by atoms with van der Waals surface area (Å²) in [4.78, 5) is 14.4. The van der Waals surface area contributed by atoms with Crippen molar-refractivity contribution in [2.24, 2.45) is 5.73 Å². The molecule has 0 aliphatic carbocycles. The van der Waals surface area contributed by atoms with Crippen LogP contribution in [0.1, 0.15) is 5.56 Å². The van der Waals surface area contributed by atoms with Crippen LogP contribution in [0.3, 0.4) is 0 Å². The van der Waals surface area contributed by atoms with E-state index in [2.05, 4.69) is 20.9 Å². The third-order valence-corrected chi connectivity index (χ3v) is 2.31. The number of hydrogen-bond acceptors (Lipinski definition) is 3.